The van der Waals surface area contributed by atoms with Crippen LogP contribution in [0.3, 0.4) is 0 Å². The van der Waals surface area contributed by atoms with Gasteiger partial charge in [-0.25, -0.2) is 12.8 Å². The van der Waals surface area contributed by atoms with Crippen molar-refractivity contribution in [1.29, 1.82) is 0 Å². The van der Waals surface area contributed by atoms with E-state index in [2.05, 4.69) is 5.32 Å². The molecule has 1 amide bonds. The number of rotatable bonds is 8. The monoisotopic (exact) mass is 476 g/mol. The number of amides is 1. The average molecular weight is 477 g/mol. The Labute approximate surface area is 198 Å². The molecule has 1 N–H and O–H groups in total. The van der Waals surface area contributed by atoms with Crippen LogP contribution in [0.25, 0.3) is 10.8 Å². The zero-order chi connectivity index (χ0) is 24.1. The lowest BCUT2D eigenvalue weighted by Crippen LogP contribution is -2.29. The van der Waals surface area contributed by atoms with Crippen molar-refractivity contribution in [3.05, 3.63) is 114 Å². The molecule has 0 fully saturated rings. The van der Waals surface area contributed by atoms with Gasteiger partial charge in [0.2, 0.25) is 10.0 Å². The second-order valence-corrected chi connectivity index (χ2v) is 10.0. The van der Waals surface area contributed by atoms with Gasteiger partial charge in [0.05, 0.1) is 18.5 Å². The Morgan fingerprint density at radius 3 is 2.21 bits per heavy atom. The van der Waals surface area contributed by atoms with Crippen molar-refractivity contribution in [3.8, 4) is 0 Å². The Balaban J connectivity index is 1.45. The summed E-state index contributed by atoms with van der Waals surface area (Å²) in [6, 6.07) is 26.3. The molecular formula is C27H25FN2O3S. The first-order valence-electron chi connectivity index (χ1n) is 10.9. The lowest BCUT2D eigenvalue weighted by molar-refractivity contribution is 0.0954. The van der Waals surface area contributed by atoms with Crippen LogP contribution in [0.2, 0.25) is 0 Å². The van der Waals surface area contributed by atoms with Crippen LogP contribution in [-0.4, -0.2) is 27.1 Å². The van der Waals surface area contributed by atoms with Crippen molar-refractivity contribution in [1.82, 2.24) is 5.32 Å². The SMILES string of the molecule is CS(=O)(=O)N(Cc1ccc(C(=O)NCCc2ccc(F)cc2)cc1)c1cccc2ccccc12. The number of fused-ring (bicyclic) bond motifs is 1. The highest BCUT2D eigenvalue weighted by Crippen LogP contribution is 2.29. The van der Waals surface area contributed by atoms with E-state index in [0.717, 1.165) is 21.9 Å². The van der Waals surface area contributed by atoms with Crippen molar-refractivity contribution in [3.63, 3.8) is 0 Å². The van der Waals surface area contributed by atoms with E-state index in [1.165, 1.54) is 22.7 Å². The van der Waals surface area contributed by atoms with Crippen LogP contribution >= 0.6 is 0 Å². The van der Waals surface area contributed by atoms with E-state index >= 15 is 0 Å². The normalized spacial score (nSPS) is 11.4. The van der Waals surface area contributed by atoms with Crippen LogP contribution in [0, 0.1) is 5.82 Å². The smallest absolute Gasteiger partial charge is 0.251 e. The zero-order valence-electron chi connectivity index (χ0n) is 18.7. The van der Waals surface area contributed by atoms with Crippen molar-refractivity contribution in [2.75, 3.05) is 17.1 Å². The van der Waals surface area contributed by atoms with Crippen LogP contribution in [0.4, 0.5) is 10.1 Å². The molecule has 0 spiro atoms. The van der Waals surface area contributed by atoms with E-state index in [9.17, 15) is 17.6 Å². The summed E-state index contributed by atoms with van der Waals surface area (Å²) in [5.41, 5.74) is 2.80. The van der Waals surface area contributed by atoms with Gasteiger partial charge in [0.25, 0.3) is 5.91 Å². The lowest BCUT2D eigenvalue weighted by atomic mass is 10.1. The van der Waals surface area contributed by atoms with Crippen molar-refractivity contribution < 1.29 is 17.6 Å². The van der Waals surface area contributed by atoms with Crippen LogP contribution in [-0.2, 0) is 23.0 Å². The molecule has 0 atom stereocenters. The number of carbonyl (C=O) groups excluding carboxylic acids is 1. The van der Waals surface area contributed by atoms with Crippen LogP contribution in [0.15, 0.2) is 91.0 Å². The number of hydrogen-bond donors (Lipinski definition) is 1. The molecule has 0 aliphatic heterocycles. The number of benzene rings is 4. The fourth-order valence-electron chi connectivity index (χ4n) is 3.81. The van der Waals surface area contributed by atoms with E-state index in [4.69, 9.17) is 0 Å². The van der Waals surface area contributed by atoms with E-state index in [1.807, 2.05) is 36.4 Å². The number of nitrogens with zero attached hydrogens (tertiary/aromatic N) is 1. The molecule has 0 aliphatic carbocycles. The summed E-state index contributed by atoms with van der Waals surface area (Å²) in [7, 11) is -3.54. The molecule has 0 saturated heterocycles. The van der Waals surface area contributed by atoms with Gasteiger partial charge in [-0.1, -0.05) is 60.7 Å². The number of anilines is 1. The first-order valence-corrected chi connectivity index (χ1v) is 12.7. The second kappa shape index (κ2) is 10.1. The molecule has 0 radical (unpaired) electrons. The molecule has 7 heteroatoms. The van der Waals surface area contributed by atoms with Crippen molar-refractivity contribution in [2.24, 2.45) is 0 Å². The molecule has 34 heavy (non-hydrogen) atoms. The van der Waals surface area contributed by atoms with Gasteiger partial charge in [0.15, 0.2) is 0 Å². The highest BCUT2D eigenvalue weighted by Gasteiger charge is 2.20. The van der Waals surface area contributed by atoms with Gasteiger partial charge < -0.3 is 5.32 Å². The molecule has 4 rings (SSSR count). The number of sulfonamides is 1. The first kappa shape index (κ1) is 23.4. The van der Waals surface area contributed by atoms with Gasteiger partial charge in [-0.2, -0.15) is 0 Å². The topological polar surface area (TPSA) is 66.5 Å². The molecule has 0 saturated carbocycles. The molecule has 4 aromatic rings. The third-order valence-electron chi connectivity index (χ3n) is 5.59. The summed E-state index contributed by atoms with van der Waals surface area (Å²) in [5.74, 6) is -0.509. The van der Waals surface area contributed by atoms with Gasteiger partial charge in [-0.3, -0.25) is 9.10 Å². The Bertz CT molecular complexity index is 1400. The summed E-state index contributed by atoms with van der Waals surface area (Å²) in [4.78, 5) is 12.5. The average Bonchev–Trinajstić information content (AvgIpc) is 2.83. The Hall–Kier alpha value is -3.71. The molecule has 0 aromatic heterocycles. The Morgan fingerprint density at radius 2 is 1.50 bits per heavy atom. The lowest BCUT2D eigenvalue weighted by Gasteiger charge is -2.24. The number of carbonyl (C=O) groups is 1. The maximum absolute atomic E-state index is 13.0. The molecule has 0 aliphatic rings. The fourth-order valence-corrected chi connectivity index (χ4v) is 4.71. The number of hydrogen-bond acceptors (Lipinski definition) is 3. The fraction of sp³-hybridized carbons (Fsp3) is 0.148. The van der Waals surface area contributed by atoms with Gasteiger partial charge in [0, 0.05) is 17.5 Å². The molecule has 174 valence electrons. The van der Waals surface area contributed by atoms with Crippen LogP contribution in [0.1, 0.15) is 21.5 Å². The highest BCUT2D eigenvalue weighted by molar-refractivity contribution is 7.92. The Morgan fingerprint density at radius 1 is 0.853 bits per heavy atom. The standard InChI is InChI=1S/C27H25FN2O3S/c1-34(32,33)30(26-8-4-6-22-5-2-3-7-25(22)26)19-21-9-13-23(14-10-21)27(31)29-18-17-20-11-15-24(28)16-12-20/h2-16H,17-19H2,1H3,(H,29,31). The second-order valence-electron chi connectivity index (χ2n) is 8.10. The molecule has 5 nitrogen and oxygen atoms in total. The van der Waals surface area contributed by atoms with Crippen LogP contribution in [0.5, 0.6) is 0 Å². The van der Waals surface area contributed by atoms with E-state index in [-0.39, 0.29) is 18.3 Å². The van der Waals surface area contributed by atoms with E-state index in [0.29, 0.717) is 24.2 Å². The zero-order valence-corrected chi connectivity index (χ0v) is 19.6. The highest BCUT2D eigenvalue weighted by atomic mass is 32.2. The van der Waals surface area contributed by atoms with E-state index < -0.39 is 10.0 Å². The minimum Gasteiger partial charge on any atom is -0.352 e. The molecular weight excluding hydrogens is 451 g/mol. The molecule has 0 bridgehead atoms. The summed E-state index contributed by atoms with van der Waals surface area (Å²) < 4.78 is 39.7. The third kappa shape index (κ3) is 5.61. The number of halogens is 1. The van der Waals surface area contributed by atoms with Crippen LogP contribution < -0.4 is 9.62 Å². The summed E-state index contributed by atoms with van der Waals surface area (Å²) in [5, 5.41) is 4.67. The number of nitrogens with one attached hydrogen (secondary N) is 1. The predicted molar refractivity (Wildman–Crippen MR) is 134 cm³/mol. The summed E-state index contributed by atoms with van der Waals surface area (Å²) in [6.45, 7) is 0.578. The maximum Gasteiger partial charge on any atom is 0.251 e. The van der Waals surface area contributed by atoms with Gasteiger partial charge >= 0.3 is 0 Å². The Kier molecular flexibility index (Phi) is 6.93. The predicted octanol–water partition coefficient (Wildman–Crippen LogP) is 4.92. The van der Waals surface area contributed by atoms with E-state index in [1.54, 1.807) is 42.5 Å². The molecule has 0 heterocycles. The quantitative estimate of drug-likeness (QED) is 0.393. The minimum absolute atomic E-state index is 0.152. The molecule has 4 aromatic carbocycles. The third-order valence-corrected chi connectivity index (χ3v) is 6.72. The van der Waals surface area contributed by atoms with Crippen molar-refractivity contribution in [2.45, 2.75) is 13.0 Å². The minimum atomic E-state index is -3.54. The summed E-state index contributed by atoms with van der Waals surface area (Å²) >= 11 is 0. The first-order chi connectivity index (χ1) is 16.3. The van der Waals surface area contributed by atoms with Crippen molar-refractivity contribution >= 4 is 32.4 Å². The van der Waals surface area contributed by atoms with Gasteiger partial charge in [-0.15, -0.1) is 0 Å². The molecule has 0 unspecified atom stereocenters. The van der Waals surface area contributed by atoms with Gasteiger partial charge in [-0.05, 0) is 53.3 Å². The maximum atomic E-state index is 13.0. The largest absolute Gasteiger partial charge is 0.352 e. The van der Waals surface area contributed by atoms with Gasteiger partial charge in [0.1, 0.15) is 5.82 Å². The summed E-state index contributed by atoms with van der Waals surface area (Å²) in [6.07, 6.45) is 1.79.